The molecule has 0 unspecified atom stereocenters. The van der Waals surface area contributed by atoms with E-state index in [4.69, 9.17) is 5.26 Å². The van der Waals surface area contributed by atoms with E-state index < -0.39 is 23.3 Å². The number of thioether (sulfide) groups is 3. The number of amides is 2. The number of tetrazole rings is 1. The van der Waals surface area contributed by atoms with E-state index in [1.807, 2.05) is 6.07 Å². The highest BCUT2D eigenvalue weighted by atomic mass is 32.2. The van der Waals surface area contributed by atoms with Crippen molar-refractivity contribution in [2.24, 2.45) is 7.05 Å². The third-order valence-corrected chi connectivity index (χ3v) is 7.16. The van der Waals surface area contributed by atoms with Crippen LogP contribution in [-0.2, 0) is 21.4 Å². The number of nitriles is 1. The van der Waals surface area contributed by atoms with E-state index in [9.17, 15) is 19.5 Å². The first-order chi connectivity index (χ1) is 13.4. The van der Waals surface area contributed by atoms with E-state index in [1.54, 1.807) is 7.05 Å². The van der Waals surface area contributed by atoms with E-state index in [1.165, 1.54) is 33.1 Å². The molecular weight excluding hydrogens is 426 g/mol. The number of aryl methyl sites for hydroxylation is 1. The largest absolute Gasteiger partial charge is 0.477 e. The molecule has 11 nitrogen and oxygen atoms in total. The zero-order valence-electron chi connectivity index (χ0n) is 14.6. The molecule has 1 fully saturated rings. The van der Waals surface area contributed by atoms with Crippen molar-refractivity contribution in [2.75, 3.05) is 23.0 Å². The maximum Gasteiger partial charge on any atom is 0.352 e. The van der Waals surface area contributed by atoms with Crippen molar-refractivity contribution < 1.29 is 19.5 Å². The maximum atomic E-state index is 12.5. The van der Waals surface area contributed by atoms with Gasteiger partial charge < -0.3 is 10.4 Å². The smallest absolute Gasteiger partial charge is 0.352 e. The van der Waals surface area contributed by atoms with Crippen molar-refractivity contribution in [1.82, 2.24) is 30.4 Å². The number of rotatable bonds is 8. The Labute approximate surface area is 172 Å². The highest BCUT2D eigenvalue weighted by Crippen LogP contribution is 2.41. The summed E-state index contributed by atoms with van der Waals surface area (Å²) in [4.78, 5) is 37.4. The maximum absolute atomic E-state index is 12.5. The number of nitrogens with one attached hydrogen (secondary N) is 1. The molecule has 2 atom stereocenters. The summed E-state index contributed by atoms with van der Waals surface area (Å²) >= 11 is 3.84. The Morgan fingerprint density at radius 1 is 1.50 bits per heavy atom. The van der Waals surface area contributed by atoms with Gasteiger partial charge in [0.1, 0.15) is 17.1 Å². The molecular formula is C14H15N7O4S3. The van der Waals surface area contributed by atoms with Crippen LogP contribution in [0.4, 0.5) is 0 Å². The Bertz CT molecular complexity index is 881. The van der Waals surface area contributed by atoms with Gasteiger partial charge in [-0.3, -0.25) is 14.5 Å². The summed E-state index contributed by atoms with van der Waals surface area (Å²) in [6.45, 7) is 0. The fourth-order valence-electron chi connectivity index (χ4n) is 2.69. The number of carboxylic acid groups (broad SMARTS) is 1. The number of aliphatic carboxylic acids is 1. The first-order valence-electron chi connectivity index (χ1n) is 7.93. The zero-order valence-corrected chi connectivity index (χ0v) is 17.0. The van der Waals surface area contributed by atoms with E-state index in [-0.39, 0.29) is 23.1 Å². The number of carbonyl (C=O) groups excluding carboxylic acids is 2. The summed E-state index contributed by atoms with van der Waals surface area (Å²) in [5.41, 5.74) is 0.560. The van der Waals surface area contributed by atoms with Crippen LogP contribution in [-0.4, -0.2) is 82.4 Å². The summed E-state index contributed by atoms with van der Waals surface area (Å²) in [6.07, 6.45) is 0. The van der Waals surface area contributed by atoms with Crippen LogP contribution in [0.2, 0.25) is 0 Å². The van der Waals surface area contributed by atoms with Crippen LogP contribution < -0.4 is 5.32 Å². The number of hydrogen-bond donors (Lipinski definition) is 2. The van der Waals surface area contributed by atoms with Gasteiger partial charge in [0.15, 0.2) is 0 Å². The molecule has 0 radical (unpaired) electrons. The molecule has 3 rings (SSSR count). The lowest BCUT2D eigenvalue weighted by Crippen LogP contribution is -2.70. The highest BCUT2D eigenvalue weighted by Gasteiger charge is 2.54. The molecule has 1 aromatic rings. The van der Waals surface area contributed by atoms with Gasteiger partial charge in [-0.2, -0.15) is 5.26 Å². The van der Waals surface area contributed by atoms with Crippen molar-refractivity contribution in [3.8, 4) is 6.07 Å². The fraction of sp³-hybridized carbons (Fsp3) is 0.500. The molecule has 0 saturated carbocycles. The molecule has 3 heterocycles. The van der Waals surface area contributed by atoms with Crippen molar-refractivity contribution >= 4 is 53.1 Å². The lowest BCUT2D eigenvalue weighted by atomic mass is 10.0. The predicted molar refractivity (Wildman–Crippen MR) is 102 cm³/mol. The second-order valence-electron chi connectivity index (χ2n) is 5.74. The Hall–Kier alpha value is -2.24. The Morgan fingerprint density at radius 3 is 2.93 bits per heavy atom. The quantitative estimate of drug-likeness (QED) is 0.299. The number of carbonyl (C=O) groups is 3. The second-order valence-corrected chi connectivity index (χ2v) is 8.77. The number of fused-ring (bicyclic) bond motifs is 1. The third-order valence-electron chi connectivity index (χ3n) is 3.92. The number of hydrogen-bond acceptors (Lipinski definition) is 10. The van der Waals surface area contributed by atoms with Crippen LogP contribution in [0.15, 0.2) is 16.4 Å². The molecule has 28 heavy (non-hydrogen) atoms. The molecule has 2 aliphatic rings. The molecule has 2 N–H and O–H groups in total. The van der Waals surface area contributed by atoms with Gasteiger partial charge in [0.2, 0.25) is 11.1 Å². The SMILES string of the molecule is Cn1nnnc1SCC1=C(C(=O)O)N2C(=O)[C@@H](NC(=O)CSCC#N)[C@H]2SC1. The summed E-state index contributed by atoms with van der Waals surface area (Å²) in [5, 5.41) is 32.0. The van der Waals surface area contributed by atoms with Crippen molar-refractivity contribution in [1.29, 1.82) is 5.26 Å². The molecule has 1 saturated heterocycles. The number of aromatic nitrogens is 4. The fourth-order valence-corrected chi connectivity index (χ4v) is 5.49. The van der Waals surface area contributed by atoms with Gasteiger partial charge in [-0.1, -0.05) is 11.8 Å². The molecule has 0 aromatic carbocycles. The standard InChI is InChI=1S/C14H15N7O4S3/c1-20-14(17-18-19-20)28-5-7-4-27-12-9(16-8(22)6-26-3-2-15)11(23)21(12)10(7)13(24)25/h9,12H,3-6H2,1H3,(H,16,22)(H,24,25)/t9-,12-/m1/s1. The first kappa shape index (κ1) is 20.5. The van der Waals surface area contributed by atoms with E-state index in [0.717, 1.165) is 11.8 Å². The van der Waals surface area contributed by atoms with Crippen molar-refractivity contribution in [3.63, 3.8) is 0 Å². The monoisotopic (exact) mass is 441 g/mol. The Morgan fingerprint density at radius 2 is 2.29 bits per heavy atom. The highest BCUT2D eigenvalue weighted by molar-refractivity contribution is 8.01. The number of carboxylic acids is 1. The van der Waals surface area contributed by atoms with Gasteiger partial charge in [-0.25, -0.2) is 9.48 Å². The molecule has 0 spiro atoms. The van der Waals surface area contributed by atoms with Crippen LogP contribution in [0.3, 0.4) is 0 Å². The third kappa shape index (κ3) is 4.10. The topological polar surface area (TPSA) is 154 Å². The first-order valence-corrected chi connectivity index (χ1v) is 11.1. The summed E-state index contributed by atoms with van der Waals surface area (Å²) in [7, 11) is 1.68. The van der Waals surface area contributed by atoms with Gasteiger partial charge in [0.25, 0.3) is 5.91 Å². The lowest BCUT2D eigenvalue weighted by molar-refractivity contribution is -0.150. The predicted octanol–water partition coefficient (Wildman–Crippen LogP) is -0.702. The molecule has 0 bridgehead atoms. The van der Waals surface area contributed by atoms with Crippen LogP contribution in [0, 0.1) is 11.3 Å². The van der Waals surface area contributed by atoms with E-state index in [0.29, 0.717) is 22.2 Å². The molecule has 0 aliphatic carbocycles. The van der Waals surface area contributed by atoms with Crippen molar-refractivity contribution in [2.45, 2.75) is 16.6 Å². The van der Waals surface area contributed by atoms with Crippen LogP contribution in [0.1, 0.15) is 0 Å². The van der Waals surface area contributed by atoms with Crippen molar-refractivity contribution in [3.05, 3.63) is 11.3 Å². The molecule has 1 aromatic heterocycles. The average molecular weight is 442 g/mol. The lowest BCUT2D eigenvalue weighted by Gasteiger charge is -2.49. The van der Waals surface area contributed by atoms with Gasteiger partial charge in [-0.05, 0) is 16.0 Å². The summed E-state index contributed by atoms with van der Waals surface area (Å²) in [6, 6.07) is 1.17. The van der Waals surface area contributed by atoms with Gasteiger partial charge in [0, 0.05) is 18.6 Å². The van der Waals surface area contributed by atoms with Crippen LogP contribution >= 0.6 is 35.3 Å². The van der Waals surface area contributed by atoms with Crippen LogP contribution in [0.25, 0.3) is 0 Å². The van der Waals surface area contributed by atoms with Crippen LogP contribution in [0.5, 0.6) is 0 Å². The van der Waals surface area contributed by atoms with E-state index >= 15 is 0 Å². The minimum Gasteiger partial charge on any atom is -0.477 e. The Kier molecular flexibility index (Phi) is 6.47. The van der Waals surface area contributed by atoms with E-state index in [2.05, 4.69) is 20.8 Å². The van der Waals surface area contributed by atoms with Gasteiger partial charge in [0.05, 0.1) is 17.6 Å². The average Bonchev–Trinajstić information content (AvgIpc) is 3.08. The minimum absolute atomic E-state index is 0.0410. The Balaban J connectivity index is 1.67. The molecule has 2 aliphatic heterocycles. The second kappa shape index (κ2) is 8.84. The van der Waals surface area contributed by atoms with Gasteiger partial charge >= 0.3 is 5.97 Å². The zero-order chi connectivity index (χ0) is 20.3. The normalized spacial score (nSPS) is 21.0. The molecule has 2 amide bonds. The summed E-state index contributed by atoms with van der Waals surface area (Å²) < 4.78 is 1.48. The number of β-lactam (4-membered cyclic amide) rings is 1. The molecule has 148 valence electrons. The number of nitrogens with zero attached hydrogens (tertiary/aromatic N) is 6. The molecule has 14 heteroatoms. The minimum atomic E-state index is -1.18. The summed E-state index contributed by atoms with van der Waals surface area (Å²) in [5.74, 6) is -0.967. The van der Waals surface area contributed by atoms with Gasteiger partial charge in [-0.15, -0.1) is 28.6 Å².